The van der Waals surface area contributed by atoms with E-state index in [0.29, 0.717) is 11.4 Å². The molecule has 6 heteroatoms. The van der Waals surface area contributed by atoms with Crippen molar-refractivity contribution < 1.29 is 4.92 Å². The zero-order valence-corrected chi connectivity index (χ0v) is 11.2. The predicted molar refractivity (Wildman–Crippen MR) is 78.1 cm³/mol. The van der Waals surface area contributed by atoms with Crippen molar-refractivity contribution in [1.82, 2.24) is 10.3 Å². The first-order valence-electron chi connectivity index (χ1n) is 6.63. The summed E-state index contributed by atoms with van der Waals surface area (Å²) < 4.78 is 0. The summed E-state index contributed by atoms with van der Waals surface area (Å²) in [5.74, 6) is 0. The van der Waals surface area contributed by atoms with Gasteiger partial charge in [0.15, 0.2) is 0 Å². The van der Waals surface area contributed by atoms with Crippen LogP contribution in [-0.2, 0) is 0 Å². The molecule has 6 nitrogen and oxygen atoms in total. The van der Waals surface area contributed by atoms with Crippen LogP contribution in [0.2, 0.25) is 0 Å². The van der Waals surface area contributed by atoms with Crippen LogP contribution in [0.15, 0.2) is 30.6 Å². The normalized spacial score (nSPS) is 18.4. The summed E-state index contributed by atoms with van der Waals surface area (Å²) in [4.78, 5) is 17.0. The van der Waals surface area contributed by atoms with Crippen LogP contribution < -0.4 is 10.2 Å². The maximum atomic E-state index is 11.1. The van der Waals surface area contributed by atoms with Crippen LogP contribution in [0.4, 0.5) is 11.4 Å². The maximum Gasteiger partial charge on any atom is 0.278 e. The Morgan fingerprint density at radius 1 is 1.40 bits per heavy atom. The number of hydrogen-bond donors (Lipinski definition) is 1. The van der Waals surface area contributed by atoms with Crippen molar-refractivity contribution in [3.63, 3.8) is 0 Å². The van der Waals surface area contributed by atoms with Crippen LogP contribution in [0.1, 0.15) is 6.42 Å². The van der Waals surface area contributed by atoms with Gasteiger partial charge in [-0.3, -0.25) is 15.1 Å². The fourth-order valence-corrected chi connectivity index (χ4v) is 2.79. The number of fused-ring (bicyclic) bond motifs is 1. The molecule has 2 heterocycles. The van der Waals surface area contributed by atoms with Crippen molar-refractivity contribution in [3.8, 4) is 0 Å². The van der Waals surface area contributed by atoms with Crippen LogP contribution in [0, 0.1) is 10.1 Å². The number of benzene rings is 1. The van der Waals surface area contributed by atoms with Gasteiger partial charge in [-0.05, 0) is 25.1 Å². The van der Waals surface area contributed by atoms with Gasteiger partial charge in [0.1, 0.15) is 0 Å². The molecule has 1 aliphatic rings. The van der Waals surface area contributed by atoms with Crippen LogP contribution >= 0.6 is 0 Å². The third-order valence-electron chi connectivity index (χ3n) is 3.93. The second-order valence-electron chi connectivity index (χ2n) is 5.04. The van der Waals surface area contributed by atoms with E-state index in [9.17, 15) is 10.1 Å². The molecule has 1 aromatic heterocycles. The Balaban J connectivity index is 2.12. The van der Waals surface area contributed by atoms with Crippen molar-refractivity contribution in [2.45, 2.75) is 12.5 Å². The largest absolute Gasteiger partial charge is 0.370 e. The molecule has 3 rings (SSSR count). The van der Waals surface area contributed by atoms with Crippen molar-refractivity contribution in [3.05, 3.63) is 40.7 Å². The van der Waals surface area contributed by atoms with Gasteiger partial charge in [0.05, 0.1) is 10.3 Å². The van der Waals surface area contributed by atoms with E-state index in [1.54, 1.807) is 18.5 Å². The summed E-state index contributed by atoms with van der Waals surface area (Å²) in [6.07, 6.45) is 4.33. The zero-order chi connectivity index (χ0) is 14.1. The molecule has 1 aliphatic heterocycles. The number of aromatic nitrogens is 1. The molecule has 0 radical (unpaired) electrons. The van der Waals surface area contributed by atoms with Gasteiger partial charge >= 0.3 is 0 Å². The minimum atomic E-state index is -0.356. The molecule has 0 saturated carbocycles. The molecule has 0 bridgehead atoms. The van der Waals surface area contributed by atoms with E-state index in [1.165, 1.54) is 0 Å². The summed E-state index contributed by atoms with van der Waals surface area (Å²) in [5.41, 5.74) is 1.12. The molecule has 1 atom stereocenters. The number of nitrogens with zero attached hydrogens (tertiary/aromatic N) is 3. The monoisotopic (exact) mass is 272 g/mol. The number of anilines is 1. The Kier molecular flexibility index (Phi) is 3.23. The molecule has 0 spiro atoms. The molecule has 1 saturated heterocycles. The Morgan fingerprint density at radius 3 is 2.95 bits per heavy atom. The molecule has 0 aliphatic carbocycles. The molecule has 1 unspecified atom stereocenters. The van der Waals surface area contributed by atoms with E-state index in [2.05, 4.69) is 15.2 Å². The smallest absolute Gasteiger partial charge is 0.278 e. The molecule has 0 amide bonds. The van der Waals surface area contributed by atoms with Gasteiger partial charge in [-0.15, -0.1) is 0 Å². The van der Waals surface area contributed by atoms with Gasteiger partial charge in [-0.1, -0.05) is 0 Å². The second-order valence-corrected chi connectivity index (χ2v) is 5.04. The Labute approximate surface area is 116 Å². The quantitative estimate of drug-likeness (QED) is 0.683. The lowest BCUT2D eigenvalue weighted by Gasteiger charge is -2.27. The van der Waals surface area contributed by atoms with Gasteiger partial charge in [-0.25, -0.2) is 0 Å². The number of nitrogens with one attached hydrogen (secondary N) is 1. The zero-order valence-electron chi connectivity index (χ0n) is 11.2. The Morgan fingerprint density at radius 2 is 2.25 bits per heavy atom. The lowest BCUT2D eigenvalue weighted by Crippen LogP contribution is -2.33. The van der Waals surface area contributed by atoms with E-state index < -0.39 is 0 Å². The summed E-state index contributed by atoms with van der Waals surface area (Å²) in [6.45, 7) is 1.96. The third kappa shape index (κ3) is 2.08. The lowest BCUT2D eigenvalue weighted by molar-refractivity contribution is -0.383. The van der Waals surface area contributed by atoms with E-state index in [4.69, 9.17) is 0 Å². The average Bonchev–Trinajstić information content (AvgIpc) is 2.99. The van der Waals surface area contributed by atoms with Crippen molar-refractivity contribution in [1.29, 1.82) is 0 Å². The first-order valence-corrected chi connectivity index (χ1v) is 6.63. The molecule has 2 aromatic rings. The number of pyridine rings is 1. The Bertz CT molecular complexity index is 653. The third-order valence-corrected chi connectivity index (χ3v) is 3.93. The van der Waals surface area contributed by atoms with Crippen molar-refractivity contribution in [2.75, 3.05) is 25.0 Å². The molecule has 104 valence electrons. The number of likely N-dealkylation sites (N-methyl/N-ethyl adjacent to an activating group) is 1. The standard InChI is InChI=1S/C14H16N4O2/c1-17(10-4-6-15-8-10)13-2-3-14(18(19)20)12-9-16-7-5-11(12)13/h2-3,5,7,9-10,15H,4,6,8H2,1H3. The number of non-ortho nitro benzene ring substituents is 1. The first-order chi connectivity index (χ1) is 9.68. The van der Waals surface area contributed by atoms with Crippen LogP contribution in [-0.4, -0.2) is 36.1 Å². The second kappa shape index (κ2) is 5.05. The fraction of sp³-hybridized carbons (Fsp3) is 0.357. The number of nitro benzene ring substituents is 1. The predicted octanol–water partition coefficient (Wildman–Crippen LogP) is 1.94. The highest BCUT2D eigenvalue weighted by Gasteiger charge is 2.22. The van der Waals surface area contributed by atoms with E-state index in [1.807, 2.05) is 19.2 Å². The topological polar surface area (TPSA) is 71.3 Å². The van der Waals surface area contributed by atoms with E-state index in [-0.39, 0.29) is 10.6 Å². The van der Waals surface area contributed by atoms with Gasteiger partial charge < -0.3 is 10.2 Å². The summed E-state index contributed by atoms with van der Waals surface area (Å²) in [7, 11) is 2.04. The van der Waals surface area contributed by atoms with Crippen molar-refractivity contribution >= 4 is 22.1 Å². The van der Waals surface area contributed by atoms with E-state index in [0.717, 1.165) is 30.6 Å². The van der Waals surface area contributed by atoms with Gasteiger partial charge in [0, 0.05) is 49.2 Å². The van der Waals surface area contributed by atoms with Crippen LogP contribution in [0.5, 0.6) is 0 Å². The SMILES string of the molecule is CN(c1ccc([N+](=O)[O-])c2cnccc12)C1CCNC1. The number of nitro groups is 1. The van der Waals surface area contributed by atoms with Gasteiger partial charge in [-0.2, -0.15) is 0 Å². The summed E-state index contributed by atoms with van der Waals surface area (Å²) in [5, 5.41) is 15.9. The molecular formula is C14H16N4O2. The molecule has 1 N–H and O–H groups in total. The summed E-state index contributed by atoms with van der Waals surface area (Å²) in [6, 6.07) is 5.67. The average molecular weight is 272 g/mol. The lowest BCUT2D eigenvalue weighted by atomic mass is 10.1. The maximum absolute atomic E-state index is 11.1. The molecule has 20 heavy (non-hydrogen) atoms. The highest BCUT2D eigenvalue weighted by atomic mass is 16.6. The fourth-order valence-electron chi connectivity index (χ4n) is 2.79. The highest BCUT2D eigenvalue weighted by Crippen LogP contribution is 2.33. The van der Waals surface area contributed by atoms with Crippen molar-refractivity contribution in [2.24, 2.45) is 0 Å². The molecular weight excluding hydrogens is 256 g/mol. The van der Waals surface area contributed by atoms with Gasteiger partial charge in [0.25, 0.3) is 5.69 Å². The van der Waals surface area contributed by atoms with Gasteiger partial charge in [0.2, 0.25) is 0 Å². The first kappa shape index (κ1) is 12.8. The molecule has 1 aromatic carbocycles. The van der Waals surface area contributed by atoms with Crippen LogP contribution in [0.3, 0.4) is 0 Å². The minimum Gasteiger partial charge on any atom is -0.370 e. The highest BCUT2D eigenvalue weighted by molar-refractivity contribution is 5.99. The minimum absolute atomic E-state index is 0.106. The van der Waals surface area contributed by atoms with E-state index >= 15 is 0 Å². The Hall–Kier alpha value is -2.21. The molecule has 1 fully saturated rings. The number of hydrogen-bond acceptors (Lipinski definition) is 5. The van der Waals surface area contributed by atoms with Crippen LogP contribution in [0.25, 0.3) is 10.8 Å². The summed E-state index contributed by atoms with van der Waals surface area (Å²) >= 11 is 0. The number of rotatable bonds is 3.